The fourth-order valence-corrected chi connectivity index (χ4v) is 3.07. The summed E-state index contributed by atoms with van der Waals surface area (Å²) in [6.45, 7) is 4.17. The molecule has 0 atom stereocenters. The van der Waals surface area contributed by atoms with Crippen molar-refractivity contribution in [2.24, 2.45) is 0 Å². The minimum Gasteiger partial charge on any atom is -0.497 e. The molecular formula is C18H17NO2S. The number of nitrogens with zero attached hydrogens (tertiary/aromatic N) is 1. The zero-order valence-electron chi connectivity index (χ0n) is 12.8. The van der Waals surface area contributed by atoms with Crippen LogP contribution in [0.5, 0.6) is 17.2 Å². The van der Waals surface area contributed by atoms with Gasteiger partial charge in [-0.15, -0.1) is 11.3 Å². The first-order chi connectivity index (χ1) is 10.7. The molecule has 0 saturated heterocycles. The van der Waals surface area contributed by atoms with Gasteiger partial charge in [0.25, 0.3) is 0 Å². The third kappa shape index (κ3) is 2.97. The molecule has 0 radical (unpaired) electrons. The van der Waals surface area contributed by atoms with Crippen molar-refractivity contribution in [3.63, 3.8) is 0 Å². The SMILES string of the molecule is COc1cccc(Oc2cc(C)c(-c3cscn3)c(C)c2)c1. The maximum atomic E-state index is 5.96. The van der Waals surface area contributed by atoms with Crippen molar-refractivity contribution in [1.29, 1.82) is 0 Å². The minimum absolute atomic E-state index is 0.763. The molecule has 0 aliphatic heterocycles. The maximum Gasteiger partial charge on any atom is 0.131 e. The Hall–Kier alpha value is -2.33. The summed E-state index contributed by atoms with van der Waals surface area (Å²) >= 11 is 1.61. The Bertz CT molecular complexity index is 759. The van der Waals surface area contributed by atoms with E-state index in [9.17, 15) is 0 Å². The molecule has 1 heterocycles. The zero-order valence-corrected chi connectivity index (χ0v) is 13.6. The van der Waals surface area contributed by atoms with E-state index in [1.54, 1.807) is 18.4 Å². The second kappa shape index (κ2) is 6.20. The van der Waals surface area contributed by atoms with Crippen LogP contribution in [-0.4, -0.2) is 12.1 Å². The van der Waals surface area contributed by atoms with Crippen LogP contribution in [0, 0.1) is 13.8 Å². The Morgan fingerprint density at radius 3 is 2.32 bits per heavy atom. The Kier molecular flexibility index (Phi) is 4.11. The molecule has 0 unspecified atom stereocenters. The van der Waals surface area contributed by atoms with Gasteiger partial charge in [0.2, 0.25) is 0 Å². The average Bonchev–Trinajstić information content (AvgIpc) is 3.00. The van der Waals surface area contributed by atoms with Gasteiger partial charge >= 0.3 is 0 Å². The third-order valence-electron chi connectivity index (χ3n) is 3.47. The first-order valence-electron chi connectivity index (χ1n) is 6.99. The smallest absolute Gasteiger partial charge is 0.131 e. The van der Waals surface area contributed by atoms with Crippen LogP contribution in [0.2, 0.25) is 0 Å². The molecule has 0 spiro atoms. The number of aromatic nitrogens is 1. The lowest BCUT2D eigenvalue weighted by atomic mass is 10.0. The summed E-state index contributed by atoms with van der Waals surface area (Å²) in [6.07, 6.45) is 0. The van der Waals surface area contributed by atoms with Crippen LogP contribution in [0.15, 0.2) is 47.3 Å². The first-order valence-corrected chi connectivity index (χ1v) is 7.93. The largest absolute Gasteiger partial charge is 0.497 e. The zero-order chi connectivity index (χ0) is 15.5. The molecule has 0 aliphatic carbocycles. The molecule has 4 heteroatoms. The van der Waals surface area contributed by atoms with E-state index < -0.39 is 0 Å². The van der Waals surface area contributed by atoms with Gasteiger partial charge in [0.15, 0.2) is 0 Å². The van der Waals surface area contributed by atoms with Crippen molar-refractivity contribution < 1.29 is 9.47 Å². The lowest BCUT2D eigenvalue weighted by molar-refractivity contribution is 0.409. The quantitative estimate of drug-likeness (QED) is 0.661. The van der Waals surface area contributed by atoms with E-state index in [0.717, 1.165) is 34.1 Å². The molecule has 22 heavy (non-hydrogen) atoms. The summed E-state index contributed by atoms with van der Waals surface area (Å²) in [4.78, 5) is 4.41. The topological polar surface area (TPSA) is 31.4 Å². The monoisotopic (exact) mass is 311 g/mol. The van der Waals surface area contributed by atoms with Crippen molar-refractivity contribution in [2.45, 2.75) is 13.8 Å². The summed E-state index contributed by atoms with van der Waals surface area (Å²) in [5.41, 5.74) is 6.37. The van der Waals surface area contributed by atoms with Crippen LogP contribution in [0.25, 0.3) is 11.3 Å². The van der Waals surface area contributed by atoms with Gasteiger partial charge < -0.3 is 9.47 Å². The summed E-state index contributed by atoms with van der Waals surface area (Å²) < 4.78 is 11.2. The van der Waals surface area contributed by atoms with E-state index in [0.29, 0.717) is 0 Å². The number of aryl methyl sites for hydroxylation is 2. The molecule has 2 aromatic carbocycles. The fraction of sp³-hybridized carbons (Fsp3) is 0.167. The summed E-state index contributed by atoms with van der Waals surface area (Å²) in [5, 5.41) is 2.07. The van der Waals surface area contributed by atoms with E-state index in [1.165, 1.54) is 5.56 Å². The Morgan fingerprint density at radius 2 is 1.68 bits per heavy atom. The Labute approximate surface area is 134 Å². The highest BCUT2D eigenvalue weighted by Crippen LogP contribution is 2.33. The fourth-order valence-electron chi connectivity index (χ4n) is 2.52. The van der Waals surface area contributed by atoms with Crippen LogP contribution in [0.4, 0.5) is 0 Å². The number of hydrogen-bond acceptors (Lipinski definition) is 4. The molecule has 3 rings (SSSR count). The van der Waals surface area contributed by atoms with Crippen LogP contribution in [0.3, 0.4) is 0 Å². The highest BCUT2D eigenvalue weighted by molar-refractivity contribution is 7.07. The Balaban J connectivity index is 1.92. The molecule has 0 bridgehead atoms. The second-order valence-electron chi connectivity index (χ2n) is 5.09. The molecule has 3 aromatic rings. The van der Waals surface area contributed by atoms with E-state index in [4.69, 9.17) is 9.47 Å². The van der Waals surface area contributed by atoms with Gasteiger partial charge in [-0.25, -0.2) is 4.98 Å². The molecular weight excluding hydrogens is 294 g/mol. The van der Waals surface area contributed by atoms with E-state index >= 15 is 0 Å². The van der Waals surface area contributed by atoms with Crippen molar-refractivity contribution in [3.05, 3.63) is 58.4 Å². The van der Waals surface area contributed by atoms with Gasteiger partial charge in [-0.3, -0.25) is 0 Å². The summed E-state index contributed by atoms with van der Waals surface area (Å²) in [5.74, 6) is 2.37. The highest BCUT2D eigenvalue weighted by Gasteiger charge is 2.10. The van der Waals surface area contributed by atoms with Crippen LogP contribution >= 0.6 is 11.3 Å². The highest BCUT2D eigenvalue weighted by atomic mass is 32.1. The number of ether oxygens (including phenoxy) is 2. The van der Waals surface area contributed by atoms with E-state index in [-0.39, 0.29) is 0 Å². The summed E-state index contributed by atoms with van der Waals surface area (Å²) in [7, 11) is 1.65. The number of benzene rings is 2. The predicted molar refractivity (Wildman–Crippen MR) is 90.1 cm³/mol. The van der Waals surface area contributed by atoms with Gasteiger partial charge in [0.1, 0.15) is 17.2 Å². The molecule has 0 aliphatic rings. The Morgan fingerprint density at radius 1 is 0.955 bits per heavy atom. The summed E-state index contributed by atoms with van der Waals surface area (Å²) in [6, 6.07) is 11.7. The van der Waals surface area contributed by atoms with Crippen LogP contribution in [0.1, 0.15) is 11.1 Å². The van der Waals surface area contributed by atoms with Gasteiger partial charge in [0.05, 0.1) is 18.3 Å². The van der Waals surface area contributed by atoms with Gasteiger partial charge in [-0.05, 0) is 49.2 Å². The molecule has 112 valence electrons. The lowest BCUT2D eigenvalue weighted by Gasteiger charge is -2.12. The van der Waals surface area contributed by atoms with Crippen molar-refractivity contribution in [3.8, 4) is 28.5 Å². The van der Waals surface area contributed by atoms with Crippen molar-refractivity contribution in [1.82, 2.24) is 4.98 Å². The molecule has 0 saturated carbocycles. The predicted octanol–water partition coefficient (Wildman–Crippen LogP) is 5.23. The first kappa shape index (κ1) is 14.6. The van der Waals surface area contributed by atoms with Crippen molar-refractivity contribution in [2.75, 3.05) is 7.11 Å². The molecule has 0 fully saturated rings. The number of methoxy groups -OCH3 is 1. The van der Waals surface area contributed by atoms with Crippen LogP contribution < -0.4 is 9.47 Å². The second-order valence-corrected chi connectivity index (χ2v) is 5.81. The normalized spacial score (nSPS) is 10.5. The van der Waals surface area contributed by atoms with Gasteiger partial charge in [-0.2, -0.15) is 0 Å². The molecule has 0 N–H and O–H groups in total. The average molecular weight is 311 g/mol. The van der Waals surface area contributed by atoms with E-state index in [1.807, 2.05) is 41.9 Å². The molecule has 0 amide bonds. The van der Waals surface area contributed by atoms with Gasteiger partial charge in [-0.1, -0.05) is 6.07 Å². The molecule has 1 aromatic heterocycles. The minimum atomic E-state index is 0.763. The molecule has 3 nitrogen and oxygen atoms in total. The third-order valence-corrected chi connectivity index (χ3v) is 4.06. The van der Waals surface area contributed by atoms with Crippen molar-refractivity contribution >= 4 is 11.3 Å². The number of hydrogen-bond donors (Lipinski definition) is 0. The van der Waals surface area contributed by atoms with Gasteiger partial charge in [0, 0.05) is 17.0 Å². The number of rotatable bonds is 4. The standard InChI is InChI=1S/C18H17NO2S/c1-12-7-16(21-15-6-4-5-14(9-15)20-3)8-13(2)18(12)17-10-22-11-19-17/h4-11H,1-3H3. The van der Waals surface area contributed by atoms with Crippen LogP contribution in [-0.2, 0) is 0 Å². The number of thiazole rings is 1. The van der Waals surface area contributed by atoms with E-state index in [2.05, 4.69) is 24.2 Å². The lowest BCUT2D eigenvalue weighted by Crippen LogP contribution is -1.92. The maximum absolute atomic E-state index is 5.96.